The molecule has 0 bridgehead atoms. The van der Waals surface area contributed by atoms with Crippen LogP contribution in [0.5, 0.6) is 5.75 Å². The summed E-state index contributed by atoms with van der Waals surface area (Å²) >= 11 is 13.9. The first-order valence-corrected chi connectivity index (χ1v) is 12.6. The Morgan fingerprint density at radius 1 is 1.27 bits per heavy atom. The van der Waals surface area contributed by atoms with Crippen molar-refractivity contribution < 1.29 is 14.6 Å². The lowest BCUT2D eigenvalue weighted by atomic mass is 9.96. The number of nitrogens with zero attached hydrogens (tertiary/aromatic N) is 2. The highest BCUT2D eigenvalue weighted by molar-refractivity contribution is 9.11. The Kier molecular flexibility index (Phi) is 6.95. The second-order valence-electron chi connectivity index (χ2n) is 7.19. The van der Waals surface area contributed by atoms with Gasteiger partial charge in [-0.2, -0.15) is 0 Å². The van der Waals surface area contributed by atoms with Gasteiger partial charge in [-0.25, -0.2) is 9.79 Å². The number of esters is 1. The van der Waals surface area contributed by atoms with E-state index in [4.69, 9.17) is 16.3 Å². The first-order valence-electron chi connectivity index (χ1n) is 9.84. The van der Waals surface area contributed by atoms with Crippen LogP contribution in [0.4, 0.5) is 0 Å². The summed E-state index contributed by atoms with van der Waals surface area (Å²) in [5.41, 5.74) is 1.96. The lowest BCUT2D eigenvalue weighted by molar-refractivity contribution is -0.139. The number of carbonyl (C=O) groups excluding carboxylic acids is 1. The lowest BCUT2D eigenvalue weighted by Gasteiger charge is -2.24. The Morgan fingerprint density at radius 2 is 1.91 bits per heavy atom. The number of phenolic OH excluding ortho intramolecular Hbond substituents is 1. The minimum Gasteiger partial charge on any atom is -0.506 e. The SMILES string of the molecule is CCOC(=O)C1=C(C)N=c2s/c(=C/c3cc(Br)c(O)c(Br)c3)c(=O)n2[C@H]1c1ccc(Cl)cc1. The first kappa shape index (κ1) is 23.9. The maximum atomic E-state index is 13.5. The Morgan fingerprint density at radius 3 is 2.52 bits per heavy atom. The van der Waals surface area contributed by atoms with Gasteiger partial charge in [0.1, 0.15) is 5.75 Å². The summed E-state index contributed by atoms with van der Waals surface area (Å²) < 4.78 is 8.23. The quantitative estimate of drug-likeness (QED) is 0.434. The predicted molar refractivity (Wildman–Crippen MR) is 135 cm³/mol. The molecule has 2 aromatic carbocycles. The number of allylic oxidation sites excluding steroid dienone is 1. The Labute approximate surface area is 214 Å². The molecular formula is C23H17Br2ClN2O4S. The molecule has 1 aliphatic rings. The van der Waals surface area contributed by atoms with E-state index in [-0.39, 0.29) is 17.9 Å². The molecule has 170 valence electrons. The van der Waals surface area contributed by atoms with Gasteiger partial charge in [-0.1, -0.05) is 35.1 Å². The summed E-state index contributed by atoms with van der Waals surface area (Å²) in [6.45, 7) is 3.67. The van der Waals surface area contributed by atoms with E-state index in [9.17, 15) is 14.7 Å². The van der Waals surface area contributed by atoms with Crippen LogP contribution < -0.4 is 14.9 Å². The summed E-state index contributed by atoms with van der Waals surface area (Å²) in [6.07, 6.45) is 1.72. The number of fused-ring (bicyclic) bond motifs is 1. The number of rotatable bonds is 4. The van der Waals surface area contributed by atoms with Crippen molar-refractivity contribution in [3.05, 3.63) is 92.5 Å². The second-order valence-corrected chi connectivity index (χ2v) is 10.3. The topological polar surface area (TPSA) is 80.9 Å². The number of thiazole rings is 1. The molecule has 10 heteroatoms. The van der Waals surface area contributed by atoms with Gasteiger partial charge in [-0.05, 0) is 87.2 Å². The van der Waals surface area contributed by atoms with Crippen molar-refractivity contribution in [3.63, 3.8) is 0 Å². The van der Waals surface area contributed by atoms with Crippen molar-refractivity contribution in [2.45, 2.75) is 19.9 Å². The van der Waals surface area contributed by atoms with Gasteiger partial charge in [0.15, 0.2) is 4.80 Å². The van der Waals surface area contributed by atoms with Gasteiger partial charge in [0.05, 0.1) is 37.4 Å². The Hall–Kier alpha value is -2.20. The molecule has 4 rings (SSSR count). The van der Waals surface area contributed by atoms with E-state index in [2.05, 4.69) is 36.9 Å². The number of phenols is 1. The molecule has 6 nitrogen and oxygen atoms in total. The zero-order chi connectivity index (χ0) is 23.9. The highest BCUT2D eigenvalue weighted by Gasteiger charge is 2.33. The largest absolute Gasteiger partial charge is 0.506 e. The predicted octanol–water partition coefficient (Wildman–Crippen LogP) is 4.68. The average molecular weight is 613 g/mol. The molecule has 2 heterocycles. The number of hydrogen-bond donors (Lipinski definition) is 1. The lowest BCUT2D eigenvalue weighted by Crippen LogP contribution is -2.39. The Bertz CT molecular complexity index is 1450. The standard InChI is InChI=1S/C23H17Br2ClN2O4S/c1-3-32-22(31)18-11(2)27-23-28(19(18)13-4-6-14(26)7-5-13)21(30)17(33-23)10-12-8-15(24)20(29)16(25)9-12/h4-10,19,29H,3H2,1-2H3/b17-10+/t19-/m0/s1. The van der Waals surface area contributed by atoms with Crippen molar-refractivity contribution in [2.75, 3.05) is 6.61 Å². The van der Waals surface area contributed by atoms with E-state index in [0.29, 0.717) is 40.1 Å². The van der Waals surface area contributed by atoms with Crippen LogP contribution >= 0.6 is 54.8 Å². The summed E-state index contributed by atoms with van der Waals surface area (Å²) in [5.74, 6) is -0.439. The molecule has 1 atom stereocenters. The molecule has 1 aromatic heterocycles. The molecule has 0 spiro atoms. The van der Waals surface area contributed by atoms with Crippen LogP contribution in [0.25, 0.3) is 6.08 Å². The molecule has 0 saturated heterocycles. The van der Waals surface area contributed by atoms with Gasteiger partial charge in [-0.3, -0.25) is 9.36 Å². The minimum absolute atomic E-state index is 0.0750. The molecule has 0 amide bonds. The smallest absolute Gasteiger partial charge is 0.338 e. The summed E-state index contributed by atoms with van der Waals surface area (Å²) in [6, 6.07) is 9.74. The summed E-state index contributed by atoms with van der Waals surface area (Å²) in [4.78, 5) is 31.4. The van der Waals surface area contributed by atoms with E-state index in [1.165, 1.54) is 15.9 Å². The van der Waals surface area contributed by atoms with Crippen molar-refractivity contribution in [3.8, 4) is 5.75 Å². The van der Waals surface area contributed by atoms with Gasteiger partial charge in [0.25, 0.3) is 5.56 Å². The van der Waals surface area contributed by atoms with Gasteiger partial charge < -0.3 is 9.84 Å². The normalized spacial score (nSPS) is 15.9. The molecule has 1 N–H and O–H groups in total. The van der Waals surface area contributed by atoms with Crippen LogP contribution in [0, 0.1) is 0 Å². The van der Waals surface area contributed by atoms with Gasteiger partial charge in [-0.15, -0.1) is 0 Å². The van der Waals surface area contributed by atoms with Gasteiger partial charge in [0.2, 0.25) is 0 Å². The van der Waals surface area contributed by atoms with E-state index < -0.39 is 12.0 Å². The number of carbonyl (C=O) groups is 1. The third-order valence-electron chi connectivity index (χ3n) is 5.04. The molecular weight excluding hydrogens is 596 g/mol. The van der Waals surface area contributed by atoms with Gasteiger partial charge >= 0.3 is 5.97 Å². The molecule has 0 fully saturated rings. The molecule has 0 unspecified atom stereocenters. The molecule has 3 aromatic rings. The number of ether oxygens (including phenoxy) is 1. The summed E-state index contributed by atoms with van der Waals surface area (Å²) in [7, 11) is 0. The van der Waals surface area contributed by atoms with E-state index in [1.807, 2.05) is 0 Å². The zero-order valence-corrected chi connectivity index (χ0v) is 22.2. The number of aromatic nitrogens is 1. The maximum absolute atomic E-state index is 13.5. The molecule has 33 heavy (non-hydrogen) atoms. The average Bonchev–Trinajstić information content (AvgIpc) is 3.06. The van der Waals surface area contributed by atoms with Gasteiger partial charge in [0, 0.05) is 5.02 Å². The van der Waals surface area contributed by atoms with Crippen LogP contribution in [0.1, 0.15) is 31.0 Å². The second kappa shape index (κ2) is 9.58. The fourth-order valence-electron chi connectivity index (χ4n) is 3.57. The third kappa shape index (κ3) is 4.59. The highest BCUT2D eigenvalue weighted by atomic mass is 79.9. The zero-order valence-electron chi connectivity index (χ0n) is 17.4. The number of aromatic hydroxyl groups is 1. The Balaban J connectivity index is 1.96. The third-order valence-corrected chi connectivity index (χ3v) is 7.48. The molecule has 0 aliphatic carbocycles. The fourth-order valence-corrected chi connectivity index (χ4v) is 5.97. The van der Waals surface area contributed by atoms with Crippen LogP contribution in [0.3, 0.4) is 0 Å². The first-order chi connectivity index (χ1) is 15.7. The highest BCUT2D eigenvalue weighted by Crippen LogP contribution is 2.34. The van der Waals surface area contributed by atoms with Crippen LogP contribution in [0.2, 0.25) is 5.02 Å². The summed E-state index contributed by atoms with van der Waals surface area (Å²) in [5, 5.41) is 10.5. The van der Waals surface area contributed by atoms with E-state index in [0.717, 1.165) is 5.56 Å². The number of halogens is 3. The fraction of sp³-hybridized carbons (Fsp3) is 0.174. The van der Waals surface area contributed by atoms with Crippen molar-refractivity contribution >= 4 is 66.8 Å². The van der Waals surface area contributed by atoms with Crippen molar-refractivity contribution in [1.82, 2.24) is 4.57 Å². The monoisotopic (exact) mass is 610 g/mol. The maximum Gasteiger partial charge on any atom is 0.338 e. The molecule has 1 aliphatic heterocycles. The van der Waals surface area contributed by atoms with Crippen LogP contribution in [0.15, 0.2) is 66.4 Å². The van der Waals surface area contributed by atoms with Crippen molar-refractivity contribution in [1.29, 1.82) is 0 Å². The number of hydrogen-bond acceptors (Lipinski definition) is 6. The molecule has 0 radical (unpaired) electrons. The molecule has 0 saturated carbocycles. The van der Waals surface area contributed by atoms with E-state index in [1.54, 1.807) is 56.3 Å². The number of benzene rings is 2. The van der Waals surface area contributed by atoms with Crippen LogP contribution in [-0.2, 0) is 9.53 Å². The van der Waals surface area contributed by atoms with Crippen LogP contribution in [-0.4, -0.2) is 22.2 Å². The van der Waals surface area contributed by atoms with E-state index >= 15 is 0 Å². The minimum atomic E-state index is -0.696. The van der Waals surface area contributed by atoms with Crippen molar-refractivity contribution in [2.24, 2.45) is 4.99 Å².